The predicted octanol–water partition coefficient (Wildman–Crippen LogP) is 3.93. The number of hydrogen-bond donors (Lipinski definition) is 0. The van der Waals surface area contributed by atoms with Crippen LogP contribution in [0.1, 0.15) is 48.5 Å². The Kier molecular flexibility index (Phi) is 3.55. The van der Waals surface area contributed by atoms with Crippen molar-refractivity contribution in [2.75, 3.05) is 0 Å². The van der Waals surface area contributed by atoms with Crippen molar-refractivity contribution >= 4 is 5.78 Å². The minimum atomic E-state index is 0.231. The summed E-state index contributed by atoms with van der Waals surface area (Å²) in [6.45, 7) is 2.11. The number of hydrogen-bond acceptors (Lipinski definition) is 1. The van der Waals surface area contributed by atoms with E-state index >= 15 is 0 Å². The highest BCUT2D eigenvalue weighted by atomic mass is 16.1. The molecule has 0 unspecified atom stereocenters. The minimum absolute atomic E-state index is 0.231. The summed E-state index contributed by atoms with van der Waals surface area (Å²) in [6, 6.07) is 8.01. The third-order valence-electron chi connectivity index (χ3n) is 3.18. The van der Waals surface area contributed by atoms with E-state index in [1.165, 1.54) is 12.0 Å². The molecule has 0 heterocycles. The van der Waals surface area contributed by atoms with Gasteiger partial charge in [-0.15, -0.1) is 0 Å². The third kappa shape index (κ3) is 2.41. The van der Waals surface area contributed by atoms with Gasteiger partial charge in [-0.25, -0.2) is 0 Å². The predicted molar refractivity (Wildman–Crippen MR) is 66.7 cm³/mol. The van der Waals surface area contributed by atoms with Crippen LogP contribution in [-0.2, 0) is 6.42 Å². The Morgan fingerprint density at radius 3 is 2.88 bits per heavy atom. The summed E-state index contributed by atoms with van der Waals surface area (Å²) in [5.41, 5.74) is 3.11. The number of benzene rings is 1. The lowest BCUT2D eigenvalue weighted by molar-refractivity contribution is 0.102. The molecule has 2 rings (SSSR count). The summed E-state index contributed by atoms with van der Waals surface area (Å²) in [4.78, 5) is 12.2. The van der Waals surface area contributed by atoms with E-state index in [1.54, 1.807) is 0 Å². The maximum absolute atomic E-state index is 12.2. The quantitative estimate of drug-likeness (QED) is 0.697. The zero-order chi connectivity index (χ0) is 11.4. The Balaban J connectivity index is 2.22. The van der Waals surface area contributed by atoms with Crippen molar-refractivity contribution in [1.82, 2.24) is 0 Å². The second-order valence-electron chi connectivity index (χ2n) is 4.36. The molecule has 84 valence electrons. The summed E-state index contributed by atoms with van der Waals surface area (Å²) < 4.78 is 0. The first-order valence-electron chi connectivity index (χ1n) is 6.14. The van der Waals surface area contributed by atoms with Gasteiger partial charge in [0.2, 0.25) is 0 Å². The molecule has 0 atom stereocenters. The first-order chi connectivity index (χ1) is 7.81. The molecule has 0 bridgehead atoms. The SMILES string of the molecule is CCc1cccc(C(=O)C2=CCCCC2)c1. The lowest BCUT2D eigenvalue weighted by Gasteiger charge is -2.11. The monoisotopic (exact) mass is 214 g/mol. The largest absolute Gasteiger partial charge is 0.289 e. The third-order valence-corrected chi connectivity index (χ3v) is 3.18. The fourth-order valence-electron chi connectivity index (χ4n) is 2.16. The molecule has 1 heteroatoms. The van der Waals surface area contributed by atoms with Gasteiger partial charge in [-0.05, 0) is 49.3 Å². The molecule has 0 saturated heterocycles. The van der Waals surface area contributed by atoms with Gasteiger partial charge in [0.05, 0.1) is 0 Å². The van der Waals surface area contributed by atoms with Crippen LogP contribution in [0.5, 0.6) is 0 Å². The van der Waals surface area contributed by atoms with Crippen LogP contribution in [-0.4, -0.2) is 5.78 Å². The number of allylic oxidation sites excluding steroid dienone is 2. The highest BCUT2D eigenvalue weighted by molar-refractivity contribution is 6.08. The number of rotatable bonds is 3. The van der Waals surface area contributed by atoms with Gasteiger partial charge in [0.1, 0.15) is 0 Å². The molecule has 1 nitrogen and oxygen atoms in total. The van der Waals surface area contributed by atoms with Crippen molar-refractivity contribution in [3.63, 3.8) is 0 Å². The van der Waals surface area contributed by atoms with Crippen molar-refractivity contribution in [2.24, 2.45) is 0 Å². The van der Waals surface area contributed by atoms with Gasteiger partial charge in [0.25, 0.3) is 0 Å². The van der Waals surface area contributed by atoms with Crippen molar-refractivity contribution in [3.8, 4) is 0 Å². The Morgan fingerprint density at radius 2 is 2.19 bits per heavy atom. The molecule has 1 aromatic rings. The van der Waals surface area contributed by atoms with Crippen LogP contribution in [0.3, 0.4) is 0 Å². The first kappa shape index (κ1) is 11.1. The van der Waals surface area contributed by atoms with E-state index in [-0.39, 0.29) is 5.78 Å². The smallest absolute Gasteiger partial charge is 0.188 e. The van der Waals surface area contributed by atoms with Crippen molar-refractivity contribution < 1.29 is 4.79 Å². The number of carbonyl (C=O) groups excluding carboxylic acids is 1. The lowest BCUT2D eigenvalue weighted by Crippen LogP contribution is -2.06. The minimum Gasteiger partial charge on any atom is -0.289 e. The Hall–Kier alpha value is -1.37. The highest BCUT2D eigenvalue weighted by Crippen LogP contribution is 2.21. The second kappa shape index (κ2) is 5.11. The highest BCUT2D eigenvalue weighted by Gasteiger charge is 2.14. The second-order valence-corrected chi connectivity index (χ2v) is 4.36. The molecule has 0 amide bonds. The van der Waals surface area contributed by atoms with E-state index in [0.717, 1.165) is 36.8 Å². The normalized spacial score (nSPS) is 15.7. The Bertz CT molecular complexity index is 415. The first-order valence-corrected chi connectivity index (χ1v) is 6.14. The number of carbonyl (C=O) groups is 1. The van der Waals surface area contributed by atoms with Crippen LogP contribution >= 0.6 is 0 Å². The zero-order valence-electron chi connectivity index (χ0n) is 9.83. The number of Topliss-reactive ketones (excluding diaryl/α,β-unsaturated/α-hetero) is 1. The molecule has 16 heavy (non-hydrogen) atoms. The molecule has 0 spiro atoms. The summed E-state index contributed by atoms with van der Waals surface area (Å²) in [6.07, 6.45) is 7.51. The van der Waals surface area contributed by atoms with Crippen molar-refractivity contribution in [3.05, 3.63) is 47.0 Å². The van der Waals surface area contributed by atoms with E-state index in [1.807, 2.05) is 18.2 Å². The summed E-state index contributed by atoms with van der Waals surface area (Å²) in [5.74, 6) is 0.231. The van der Waals surface area contributed by atoms with Gasteiger partial charge in [-0.1, -0.05) is 31.2 Å². The van der Waals surface area contributed by atoms with E-state index in [0.29, 0.717) is 0 Å². The van der Waals surface area contributed by atoms with E-state index in [2.05, 4.69) is 19.1 Å². The molecule has 0 fully saturated rings. The number of aryl methyl sites for hydroxylation is 1. The zero-order valence-corrected chi connectivity index (χ0v) is 9.83. The topological polar surface area (TPSA) is 17.1 Å². The molecule has 0 radical (unpaired) electrons. The van der Waals surface area contributed by atoms with E-state index in [9.17, 15) is 4.79 Å². The standard InChI is InChI=1S/C15H18O/c1-2-12-7-6-10-14(11-12)15(16)13-8-4-3-5-9-13/h6-8,10-11H,2-5,9H2,1H3. The molecule has 1 aromatic carbocycles. The summed E-state index contributed by atoms with van der Waals surface area (Å²) in [5, 5.41) is 0. The maximum Gasteiger partial charge on any atom is 0.188 e. The molecule has 1 aliphatic rings. The molecule has 0 saturated carbocycles. The fraction of sp³-hybridized carbons (Fsp3) is 0.400. The lowest BCUT2D eigenvalue weighted by atomic mass is 9.92. The van der Waals surface area contributed by atoms with Gasteiger partial charge in [-0.2, -0.15) is 0 Å². The molecular weight excluding hydrogens is 196 g/mol. The Labute approximate surface area is 97.2 Å². The van der Waals surface area contributed by atoms with Gasteiger partial charge in [0, 0.05) is 5.56 Å². The van der Waals surface area contributed by atoms with Crippen LogP contribution in [0.2, 0.25) is 0 Å². The molecule has 1 aliphatic carbocycles. The maximum atomic E-state index is 12.2. The van der Waals surface area contributed by atoms with Crippen molar-refractivity contribution in [2.45, 2.75) is 39.0 Å². The number of ketones is 1. The van der Waals surface area contributed by atoms with Gasteiger partial charge >= 0.3 is 0 Å². The van der Waals surface area contributed by atoms with Crippen molar-refractivity contribution in [1.29, 1.82) is 0 Å². The molecule has 0 aliphatic heterocycles. The average molecular weight is 214 g/mol. The molecule has 0 aromatic heterocycles. The van der Waals surface area contributed by atoms with Gasteiger partial charge < -0.3 is 0 Å². The Morgan fingerprint density at radius 1 is 1.31 bits per heavy atom. The van der Waals surface area contributed by atoms with Crippen LogP contribution in [0.4, 0.5) is 0 Å². The summed E-state index contributed by atoms with van der Waals surface area (Å²) in [7, 11) is 0. The van der Waals surface area contributed by atoms with Crippen LogP contribution < -0.4 is 0 Å². The van der Waals surface area contributed by atoms with Crippen LogP contribution in [0.15, 0.2) is 35.9 Å². The van der Waals surface area contributed by atoms with Gasteiger partial charge in [0.15, 0.2) is 5.78 Å². The van der Waals surface area contributed by atoms with Crippen LogP contribution in [0, 0.1) is 0 Å². The average Bonchev–Trinajstić information content (AvgIpc) is 2.39. The fourth-order valence-corrected chi connectivity index (χ4v) is 2.16. The summed E-state index contributed by atoms with van der Waals surface area (Å²) >= 11 is 0. The molecular formula is C15H18O. The van der Waals surface area contributed by atoms with Crippen LogP contribution in [0.25, 0.3) is 0 Å². The van der Waals surface area contributed by atoms with E-state index < -0.39 is 0 Å². The van der Waals surface area contributed by atoms with E-state index in [4.69, 9.17) is 0 Å². The van der Waals surface area contributed by atoms with Gasteiger partial charge in [-0.3, -0.25) is 4.79 Å². The molecule has 0 N–H and O–H groups in total.